The van der Waals surface area contributed by atoms with Crippen LogP contribution in [0.1, 0.15) is 0 Å². The van der Waals surface area contributed by atoms with Gasteiger partial charge in [-0.2, -0.15) is 0 Å². The van der Waals surface area contributed by atoms with Gasteiger partial charge in [0, 0.05) is 6.07 Å². The van der Waals surface area contributed by atoms with Gasteiger partial charge in [0.2, 0.25) is 5.75 Å². The van der Waals surface area contributed by atoms with Crippen LogP contribution in [0.25, 0.3) is 0 Å². The van der Waals surface area contributed by atoms with Gasteiger partial charge in [0.15, 0.2) is 0 Å². The van der Waals surface area contributed by atoms with Gasteiger partial charge < -0.3 is 18.9 Å². The third-order valence-electron chi connectivity index (χ3n) is 1.27. The van der Waals surface area contributed by atoms with Crippen molar-refractivity contribution in [3.63, 3.8) is 0 Å². The molecule has 0 saturated heterocycles. The Kier molecular flexibility index (Phi) is 11.2. The molecule has 0 N–H and O–H groups in total. The summed E-state index contributed by atoms with van der Waals surface area (Å²) in [5.74, 6) is -0.578. The molecule has 0 aliphatic heterocycles. The maximum absolute atomic E-state index is 10.3. The minimum absolute atomic E-state index is 0. The van der Waals surface area contributed by atoms with Crippen LogP contribution in [-0.4, -0.2) is 4.92 Å². The smallest absolute Gasteiger partial charge is 0.780 e. The minimum atomic E-state index is -5.26. The maximum Gasteiger partial charge on any atom is 1.00 e. The van der Waals surface area contributed by atoms with Gasteiger partial charge in [0.25, 0.3) is 0 Å². The Bertz CT molecular complexity index is 408. The average Bonchev–Trinajstić information content (AvgIpc) is 2.01. The van der Waals surface area contributed by atoms with Gasteiger partial charge in [-0.3, -0.25) is 10.1 Å². The van der Waals surface area contributed by atoms with E-state index in [-0.39, 0.29) is 103 Å². The summed E-state index contributed by atoms with van der Waals surface area (Å²) in [6.45, 7) is 0. The number of hydrogen-bond acceptors (Lipinski definition) is 6. The first-order chi connectivity index (χ1) is 6.40. The second kappa shape index (κ2) is 8.86. The molecule has 0 radical (unpaired) electrons. The Morgan fingerprint density at radius 2 is 1.69 bits per heavy atom. The van der Waals surface area contributed by atoms with E-state index < -0.39 is 24.2 Å². The first-order valence-corrected chi connectivity index (χ1v) is 4.81. The van der Waals surface area contributed by atoms with Crippen molar-refractivity contribution in [2.24, 2.45) is 0 Å². The third kappa shape index (κ3) is 7.32. The van der Waals surface area contributed by atoms with E-state index in [2.05, 4.69) is 4.52 Å². The Morgan fingerprint density at radius 3 is 2.12 bits per heavy atom. The number of phosphoric acid groups is 1. The zero-order valence-electron chi connectivity index (χ0n) is 8.65. The van der Waals surface area contributed by atoms with Crippen LogP contribution in [-0.2, 0) is 4.57 Å². The van der Waals surface area contributed by atoms with Gasteiger partial charge in [0.05, 0.1) is 4.92 Å². The van der Waals surface area contributed by atoms with Gasteiger partial charge in [0.1, 0.15) is 7.82 Å². The summed E-state index contributed by atoms with van der Waals surface area (Å²) in [6.07, 6.45) is 0. The predicted molar refractivity (Wildman–Crippen MR) is 41.3 cm³/mol. The Morgan fingerprint density at radius 1 is 1.19 bits per heavy atom. The van der Waals surface area contributed by atoms with Gasteiger partial charge in [-0.05, 0) is 6.07 Å². The van der Waals surface area contributed by atoms with E-state index in [9.17, 15) is 24.5 Å². The van der Waals surface area contributed by atoms with Gasteiger partial charge in [-0.1, -0.05) is 12.1 Å². The van der Waals surface area contributed by atoms with E-state index in [4.69, 9.17) is 0 Å². The molecule has 10 heteroatoms. The largest absolute Gasteiger partial charge is 1.00 e. The fraction of sp³-hybridized carbons (Fsp3) is 0. The van der Waals surface area contributed by atoms with Crippen LogP contribution in [0.4, 0.5) is 5.69 Å². The number of hydrogen-bond donors (Lipinski definition) is 0. The summed E-state index contributed by atoms with van der Waals surface area (Å²) in [4.78, 5) is 29.9. The minimum Gasteiger partial charge on any atom is -0.780 e. The fourth-order valence-electron chi connectivity index (χ4n) is 0.806. The van der Waals surface area contributed by atoms with Crippen LogP contribution in [0, 0.1) is 10.1 Å². The van der Waals surface area contributed by atoms with Crippen LogP contribution < -0.4 is 117 Å². The molecule has 0 aliphatic rings. The first-order valence-electron chi connectivity index (χ1n) is 3.35. The maximum atomic E-state index is 10.3. The number of nitro groups is 1. The molecule has 16 heavy (non-hydrogen) atoms. The average molecular weight is 295 g/mol. The van der Waals surface area contributed by atoms with E-state index in [1.165, 1.54) is 12.1 Å². The van der Waals surface area contributed by atoms with Crippen molar-refractivity contribution in [2.45, 2.75) is 0 Å². The molecule has 0 heterocycles. The molecule has 0 unspecified atom stereocenters. The molecule has 0 spiro atoms. The molecular formula is C6H4K2NO6P. The fourth-order valence-corrected chi connectivity index (χ4v) is 1.20. The zero-order chi connectivity index (χ0) is 10.8. The second-order valence-electron chi connectivity index (χ2n) is 2.26. The molecule has 7 nitrogen and oxygen atoms in total. The van der Waals surface area contributed by atoms with E-state index in [0.717, 1.165) is 12.1 Å². The summed E-state index contributed by atoms with van der Waals surface area (Å²) in [7, 11) is -5.26. The topological polar surface area (TPSA) is 116 Å². The molecular weight excluding hydrogens is 291 g/mol. The van der Waals surface area contributed by atoms with Gasteiger partial charge >= 0.3 is 108 Å². The summed E-state index contributed by atoms with van der Waals surface area (Å²) < 4.78 is 14.1. The molecule has 0 bridgehead atoms. The number of phosphoric ester groups is 1. The van der Waals surface area contributed by atoms with Crippen molar-refractivity contribution in [1.82, 2.24) is 0 Å². The van der Waals surface area contributed by atoms with Crippen molar-refractivity contribution < 1.29 is 127 Å². The van der Waals surface area contributed by atoms with Crippen LogP contribution in [0.5, 0.6) is 5.75 Å². The number of benzene rings is 1. The molecule has 0 atom stereocenters. The molecule has 0 amide bonds. The van der Waals surface area contributed by atoms with Crippen LogP contribution in [0.15, 0.2) is 24.3 Å². The first kappa shape index (κ1) is 20.2. The van der Waals surface area contributed by atoms with Crippen molar-refractivity contribution >= 4 is 13.5 Å². The number of nitrogens with zero attached hydrogens (tertiary/aromatic N) is 1. The third-order valence-corrected chi connectivity index (χ3v) is 1.69. The molecule has 0 aliphatic carbocycles. The molecule has 0 aromatic heterocycles. The summed E-state index contributed by atoms with van der Waals surface area (Å²) in [5, 5.41) is 10.3. The Labute approximate surface area is 176 Å². The standard InChI is InChI=1S/C6H6NO6P.2K/c8-7(9)5-3-1-2-4-6(5)13-14(10,11)12;;/h1-4H,(H2,10,11,12);;/q;2*+1/p-2. The molecule has 1 rings (SSSR count). The molecule has 76 valence electrons. The van der Waals surface area contributed by atoms with E-state index in [1.54, 1.807) is 0 Å². The monoisotopic (exact) mass is 295 g/mol. The van der Waals surface area contributed by atoms with E-state index in [1.807, 2.05) is 0 Å². The van der Waals surface area contributed by atoms with Gasteiger partial charge in [-0.15, -0.1) is 0 Å². The number of nitro benzene ring substituents is 1. The number of para-hydroxylation sites is 2. The van der Waals surface area contributed by atoms with Gasteiger partial charge in [-0.25, -0.2) is 0 Å². The summed E-state index contributed by atoms with van der Waals surface area (Å²) in [6, 6.07) is 4.70. The zero-order valence-corrected chi connectivity index (χ0v) is 15.8. The van der Waals surface area contributed by atoms with Crippen molar-refractivity contribution in [1.29, 1.82) is 0 Å². The van der Waals surface area contributed by atoms with E-state index in [0.29, 0.717) is 0 Å². The summed E-state index contributed by atoms with van der Waals surface area (Å²) in [5.41, 5.74) is -0.570. The molecule has 0 saturated carbocycles. The van der Waals surface area contributed by atoms with Crippen molar-refractivity contribution in [3.8, 4) is 5.75 Å². The van der Waals surface area contributed by atoms with Crippen LogP contribution in [0.3, 0.4) is 0 Å². The van der Waals surface area contributed by atoms with Crippen LogP contribution in [0.2, 0.25) is 0 Å². The van der Waals surface area contributed by atoms with Crippen LogP contribution >= 0.6 is 7.82 Å². The second-order valence-corrected chi connectivity index (χ2v) is 3.34. The van der Waals surface area contributed by atoms with Crippen molar-refractivity contribution in [3.05, 3.63) is 34.4 Å². The quantitative estimate of drug-likeness (QED) is 0.237. The Hall–Kier alpha value is 1.84. The number of rotatable bonds is 3. The van der Waals surface area contributed by atoms with E-state index >= 15 is 0 Å². The Balaban J connectivity index is 0. The molecule has 0 fully saturated rings. The normalized spacial score (nSPS) is 9.62. The van der Waals surface area contributed by atoms with Crippen molar-refractivity contribution in [2.75, 3.05) is 0 Å². The molecule has 1 aromatic carbocycles. The SMILES string of the molecule is O=[N+]([O-])c1ccccc1OP(=O)([O-])[O-].[K+].[K+]. The predicted octanol–water partition coefficient (Wildman–Crippen LogP) is -6.19. The summed E-state index contributed by atoms with van der Waals surface area (Å²) >= 11 is 0. The molecule has 1 aromatic rings.